The van der Waals surface area contributed by atoms with Crippen molar-refractivity contribution in [2.24, 2.45) is 0 Å². The molecule has 0 saturated carbocycles. The lowest BCUT2D eigenvalue weighted by Crippen LogP contribution is -2.28. The number of nitrogens with zero attached hydrogens (tertiary/aromatic N) is 3. The zero-order chi connectivity index (χ0) is 18.0. The summed E-state index contributed by atoms with van der Waals surface area (Å²) in [7, 11) is 0. The van der Waals surface area contributed by atoms with Gasteiger partial charge >= 0.3 is 6.03 Å². The molecular formula is C18H23N5OS. The van der Waals surface area contributed by atoms with Crippen molar-refractivity contribution in [1.82, 2.24) is 19.9 Å². The molecule has 0 unspecified atom stereocenters. The Morgan fingerprint density at radius 3 is 2.68 bits per heavy atom. The van der Waals surface area contributed by atoms with Crippen molar-refractivity contribution in [2.75, 3.05) is 5.32 Å². The molecule has 2 amide bonds. The quantitative estimate of drug-likeness (QED) is 0.724. The fraction of sp³-hybridized carbons (Fsp3) is 0.389. The Hall–Kier alpha value is -2.41. The van der Waals surface area contributed by atoms with Crippen molar-refractivity contribution in [1.29, 1.82) is 0 Å². The van der Waals surface area contributed by atoms with Gasteiger partial charge in [0.25, 0.3) is 0 Å². The minimum Gasteiger partial charge on any atom is -0.333 e. The van der Waals surface area contributed by atoms with Crippen LogP contribution in [0.25, 0.3) is 11.0 Å². The van der Waals surface area contributed by atoms with Crippen LogP contribution in [0, 0.1) is 13.8 Å². The third-order valence-electron chi connectivity index (χ3n) is 4.13. The lowest BCUT2D eigenvalue weighted by molar-refractivity contribution is 0.252. The van der Waals surface area contributed by atoms with Crippen LogP contribution >= 0.6 is 11.3 Å². The van der Waals surface area contributed by atoms with E-state index < -0.39 is 0 Å². The van der Waals surface area contributed by atoms with Crippen molar-refractivity contribution in [3.63, 3.8) is 0 Å². The molecule has 0 atom stereocenters. The van der Waals surface area contributed by atoms with Gasteiger partial charge in [-0.15, -0.1) is 11.3 Å². The summed E-state index contributed by atoms with van der Waals surface area (Å²) in [6, 6.07) is 5.62. The van der Waals surface area contributed by atoms with Crippen LogP contribution in [0.5, 0.6) is 0 Å². The maximum atomic E-state index is 12.2. The molecule has 6 nitrogen and oxygen atoms in total. The summed E-state index contributed by atoms with van der Waals surface area (Å²) in [5.41, 5.74) is 3.72. The first-order valence-corrected chi connectivity index (χ1v) is 9.30. The van der Waals surface area contributed by atoms with Gasteiger partial charge in [0, 0.05) is 23.5 Å². The lowest BCUT2D eigenvalue weighted by atomic mass is 10.2. The number of hydrogen-bond acceptors (Lipinski definition) is 4. The number of rotatable bonds is 5. The highest BCUT2D eigenvalue weighted by Crippen LogP contribution is 2.21. The molecule has 2 N–H and O–H groups in total. The molecule has 3 rings (SSSR count). The molecule has 0 spiro atoms. The average Bonchev–Trinajstić information content (AvgIpc) is 3.10. The summed E-state index contributed by atoms with van der Waals surface area (Å²) in [6.07, 6.45) is 0.888. The summed E-state index contributed by atoms with van der Waals surface area (Å²) < 4.78 is 2.20. The number of imidazole rings is 1. The molecule has 0 radical (unpaired) electrons. The number of aryl methyl sites for hydroxylation is 4. The zero-order valence-electron chi connectivity index (χ0n) is 15.0. The molecule has 0 aliphatic heterocycles. The van der Waals surface area contributed by atoms with Crippen molar-refractivity contribution in [3.05, 3.63) is 39.6 Å². The number of aromatic nitrogens is 3. The van der Waals surface area contributed by atoms with E-state index in [9.17, 15) is 4.79 Å². The zero-order valence-corrected chi connectivity index (χ0v) is 15.8. The highest BCUT2D eigenvalue weighted by molar-refractivity contribution is 7.11. The molecule has 132 valence electrons. The fourth-order valence-corrected chi connectivity index (χ4v) is 3.83. The Labute approximate surface area is 151 Å². The molecule has 3 aromatic rings. The van der Waals surface area contributed by atoms with Gasteiger partial charge in [-0.3, -0.25) is 0 Å². The summed E-state index contributed by atoms with van der Waals surface area (Å²) in [5, 5.41) is 6.78. The summed E-state index contributed by atoms with van der Waals surface area (Å²) in [5.74, 6) is 1.06. The van der Waals surface area contributed by atoms with Crippen molar-refractivity contribution < 1.29 is 4.79 Å². The van der Waals surface area contributed by atoms with Gasteiger partial charge in [0.05, 0.1) is 28.3 Å². The van der Waals surface area contributed by atoms with Crippen molar-refractivity contribution in [3.8, 4) is 0 Å². The van der Waals surface area contributed by atoms with Crippen molar-refractivity contribution in [2.45, 2.75) is 47.2 Å². The first-order chi connectivity index (χ1) is 12.0. The van der Waals surface area contributed by atoms with Crippen molar-refractivity contribution >= 4 is 34.1 Å². The number of fused-ring (bicyclic) bond motifs is 1. The molecule has 0 aliphatic rings. The smallest absolute Gasteiger partial charge is 0.319 e. The van der Waals surface area contributed by atoms with Gasteiger partial charge in [0.1, 0.15) is 5.82 Å². The first kappa shape index (κ1) is 17.4. The Bertz CT molecular complexity index is 912. The fourth-order valence-electron chi connectivity index (χ4n) is 2.95. The number of urea groups is 1. The predicted molar refractivity (Wildman–Crippen MR) is 102 cm³/mol. The summed E-state index contributed by atoms with van der Waals surface area (Å²) in [6.45, 7) is 9.51. The maximum Gasteiger partial charge on any atom is 0.319 e. The van der Waals surface area contributed by atoms with E-state index in [2.05, 4.69) is 39.0 Å². The molecule has 2 heterocycles. The van der Waals surface area contributed by atoms with Gasteiger partial charge in [-0.25, -0.2) is 14.8 Å². The standard InChI is InChI=1S/C18H23N5OS/c1-5-17-22-14-9-13(7-8-15(14)23(17)6-2)21-18(24)19-10-16-11(3)20-12(4)25-16/h7-9H,5-6,10H2,1-4H3,(H2,19,21,24). The van der Waals surface area contributed by atoms with E-state index in [-0.39, 0.29) is 6.03 Å². The normalized spacial score (nSPS) is 11.0. The van der Waals surface area contributed by atoms with E-state index in [1.54, 1.807) is 11.3 Å². The number of carbonyl (C=O) groups is 1. The molecular weight excluding hydrogens is 334 g/mol. The third-order valence-corrected chi connectivity index (χ3v) is 5.20. The van der Waals surface area contributed by atoms with E-state index in [1.165, 1.54) is 0 Å². The number of benzene rings is 1. The van der Waals surface area contributed by atoms with Crippen LogP contribution in [0.1, 0.15) is 35.3 Å². The van der Waals surface area contributed by atoms with Crippen LogP contribution in [-0.2, 0) is 19.5 Å². The molecule has 2 aromatic heterocycles. The Balaban J connectivity index is 1.69. The second kappa shape index (κ2) is 7.23. The Kier molecular flexibility index (Phi) is 5.03. The number of amides is 2. The number of anilines is 1. The van der Waals surface area contributed by atoms with Gasteiger partial charge in [0.2, 0.25) is 0 Å². The second-order valence-electron chi connectivity index (χ2n) is 5.88. The summed E-state index contributed by atoms with van der Waals surface area (Å²) >= 11 is 1.61. The van der Waals surface area contributed by atoms with Gasteiger partial charge in [-0.1, -0.05) is 6.92 Å². The van der Waals surface area contributed by atoms with E-state index in [0.717, 1.165) is 51.1 Å². The van der Waals surface area contributed by atoms with Gasteiger partial charge in [0.15, 0.2) is 0 Å². The van der Waals surface area contributed by atoms with Crippen LogP contribution in [0.4, 0.5) is 10.5 Å². The van der Waals surface area contributed by atoms with Crippen LogP contribution in [0.15, 0.2) is 18.2 Å². The van der Waals surface area contributed by atoms with Crippen LogP contribution < -0.4 is 10.6 Å². The number of nitrogens with one attached hydrogen (secondary N) is 2. The molecule has 0 aliphatic carbocycles. The number of thiazole rings is 1. The van der Waals surface area contributed by atoms with E-state index in [1.807, 2.05) is 32.0 Å². The van der Waals surface area contributed by atoms with E-state index in [0.29, 0.717) is 6.54 Å². The lowest BCUT2D eigenvalue weighted by Gasteiger charge is -2.08. The second-order valence-corrected chi connectivity index (χ2v) is 7.17. The summed E-state index contributed by atoms with van der Waals surface area (Å²) in [4.78, 5) is 22.3. The Morgan fingerprint density at radius 1 is 1.24 bits per heavy atom. The maximum absolute atomic E-state index is 12.2. The SMILES string of the molecule is CCc1nc2cc(NC(=O)NCc3sc(C)nc3C)ccc2n1CC. The largest absolute Gasteiger partial charge is 0.333 e. The van der Waals surface area contributed by atoms with Gasteiger partial charge in [-0.05, 0) is 39.0 Å². The van der Waals surface area contributed by atoms with Gasteiger partial charge in [-0.2, -0.15) is 0 Å². The highest BCUT2D eigenvalue weighted by Gasteiger charge is 2.10. The monoisotopic (exact) mass is 357 g/mol. The first-order valence-electron chi connectivity index (χ1n) is 8.48. The minimum atomic E-state index is -0.226. The molecule has 0 bridgehead atoms. The topological polar surface area (TPSA) is 71.8 Å². The van der Waals surface area contributed by atoms with Crippen LogP contribution in [0.2, 0.25) is 0 Å². The number of carbonyl (C=O) groups excluding carboxylic acids is 1. The van der Waals surface area contributed by atoms with Gasteiger partial charge < -0.3 is 15.2 Å². The van der Waals surface area contributed by atoms with E-state index >= 15 is 0 Å². The molecule has 0 fully saturated rings. The van der Waals surface area contributed by atoms with Crippen LogP contribution in [0.3, 0.4) is 0 Å². The Morgan fingerprint density at radius 2 is 2.04 bits per heavy atom. The predicted octanol–water partition coefficient (Wildman–Crippen LogP) is 4.01. The molecule has 7 heteroatoms. The third kappa shape index (κ3) is 3.66. The minimum absolute atomic E-state index is 0.226. The van der Waals surface area contributed by atoms with Crippen LogP contribution in [-0.4, -0.2) is 20.6 Å². The molecule has 0 saturated heterocycles. The van der Waals surface area contributed by atoms with E-state index in [4.69, 9.17) is 0 Å². The highest BCUT2D eigenvalue weighted by atomic mass is 32.1. The molecule has 1 aromatic carbocycles. The number of hydrogen-bond donors (Lipinski definition) is 2. The average molecular weight is 357 g/mol. The molecule has 25 heavy (non-hydrogen) atoms.